The maximum atomic E-state index is 12.9. The molecule has 5 heteroatoms. The van der Waals surface area contributed by atoms with E-state index in [1.807, 2.05) is 42.2 Å². The number of carbonyl (C=O) groups is 1. The van der Waals surface area contributed by atoms with Crippen LogP contribution >= 0.6 is 0 Å². The smallest absolute Gasteiger partial charge is 0.291 e. The van der Waals surface area contributed by atoms with Crippen molar-refractivity contribution in [2.75, 3.05) is 26.8 Å². The summed E-state index contributed by atoms with van der Waals surface area (Å²) in [5, 5.41) is 0. The summed E-state index contributed by atoms with van der Waals surface area (Å²) in [6, 6.07) is 9.67. The van der Waals surface area contributed by atoms with Crippen LogP contribution in [0.4, 0.5) is 0 Å². The van der Waals surface area contributed by atoms with Crippen molar-refractivity contribution in [2.45, 2.75) is 26.2 Å². The molecule has 1 aliphatic rings. The van der Waals surface area contributed by atoms with E-state index in [1.54, 1.807) is 7.11 Å². The predicted octanol–water partition coefficient (Wildman–Crippen LogP) is 3.54. The molecule has 24 heavy (non-hydrogen) atoms. The third-order valence-corrected chi connectivity index (χ3v) is 4.47. The molecule has 1 aliphatic heterocycles. The fourth-order valence-corrected chi connectivity index (χ4v) is 3.23. The highest BCUT2D eigenvalue weighted by Gasteiger charge is 2.27. The van der Waals surface area contributed by atoms with Crippen LogP contribution in [0.25, 0.3) is 11.5 Å². The molecule has 0 radical (unpaired) electrons. The quantitative estimate of drug-likeness (QED) is 0.861. The van der Waals surface area contributed by atoms with E-state index in [9.17, 15) is 4.79 Å². The maximum Gasteiger partial charge on any atom is 0.291 e. The SMILES string of the molecule is COCC1CCCCN(C(=O)c2oc(-c3ccccc3)nc2C)C1. The molecule has 1 aromatic carbocycles. The lowest BCUT2D eigenvalue weighted by atomic mass is 10.0. The van der Waals surface area contributed by atoms with Gasteiger partial charge in [-0.3, -0.25) is 4.79 Å². The Labute approximate surface area is 142 Å². The molecule has 128 valence electrons. The molecule has 0 bridgehead atoms. The number of oxazole rings is 1. The van der Waals surface area contributed by atoms with Gasteiger partial charge in [-0.1, -0.05) is 24.6 Å². The lowest BCUT2D eigenvalue weighted by Crippen LogP contribution is -2.35. The van der Waals surface area contributed by atoms with Crippen LogP contribution in [0, 0.1) is 12.8 Å². The topological polar surface area (TPSA) is 55.6 Å². The molecular formula is C19H24N2O3. The van der Waals surface area contributed by atoms with E-state index in [4.69, 9.17) is 9.15 Å². The lowest BCUT2D eigenvalue weighted by molar-refractivity contribution is 0.0666. The molecule has 0 N–H and O–H groups in total. The highest BCUT2D eigenvalue weighted by atomic mass is 16.5. The second-order valence-corrected chi connectivity index (χ2v) is 6.37. The zero-order valence-corrected chi connectivity index (χ0v) is 14.3. The molecule has 1 unspecified atom stereocenters. The monoisotopic (exact) mass is 328 g/mol. The minimum absolute atomic E-state index is 0.0646. The molecule has 1 fully saturated rings. The average molecular weight is 328 g/mol. The van der Waals surface area contributed by atoms with Crippen LogP contribution in [0.5, 0.6) is 0 Å². The average Bonchev–Trinajstić information content (AvgIpc) is 2.83. The number of aryl methyl sites for hydroxylation is 1. The van der Waals surface area contributed by atoms with Crippen molar-refractivity contribution >= 4 is 5.91 Å². The van der Waals surface area contributed by atoms with E-state index in [0.717, 1.165) is 31.4 Å². The Morgan fingerprint density at radius 2 is 2.12 bits per heavy atom. The first-order valence-electron chi connectivity index (χ1n) is 8.50. The normalized spacial score (nSPS) is 18.4. The summed E-state index contributed by atoms with van der Waals surface area (Å²) in [6.07, 6.45) is 3.25. The maximum absolute atomic E-state index is 12.9. The summed E-state index contributed by atoms with van der Waals surface area (Å²) < 4.78 is 11.1. The number of hydrogen-bond donors (Lipinski definition) is 0. The van der Waals surface area contributed by atoms with Gasteiger partial charge in [0.25, 0.3) is 5.91 Å². The van der Waals surface area contributed by atoms with Crippen LogP contribution in [0.1, 0.15) is 35.5 Å². The van der Waals surface area contributed by atoms with Gasteiger partial charge in [-0.05, 0) is 37.8 Å². The molecule has 0 spiro atoms. The Bertz CT molecular complexity index is 681. The summed E-state index contributed by atoms with van der Waals surface area (Å²) in [5.41, 5.74) is 1.53. The van der Waals surface area contributed by atoms with Crippen LogP contribution in [0.15, 0.2) is 34.7 Å². The van der Waals surface area contributed by atoms with Crippen molar-refractivity contribution in [3.05, 3.63) is 41.8 Å². The molecule has 1 saturated heterocycles. The fourth-order valence-electron chi connectivity index (χ4n) is 3.23. The van der Waals surface area contributed by atoms with Crippen molar-refractivity contribution in [2.24, 2.45) is 5.92 Å². The molecule has 1 amide bonds. The van der Waals surface area contributed by atoms with E-state index in [0.29, 0.717) is 36.4 Å². The van der Waals surface area contributed by atoms with Crippen LogP contribution in [-0.2, 0) is 4.74 Å². The van der Waals surface area contributed by atoms with Gasteiger partial charge in [0.2, 0.25) is 11.7 Å². The van der Waals surface area contributed by atoms with Gasteiger partial charge in [-0.2, -0.15) is 0 Å². The Morgan fingerprint density at radius 1 is 1.33 bits per heavy atom. The Morgan fingerprint density at radius 3 is 2.88 bits per heavy atom. The van der Waals surface area contributed by atoms with Crippen molar-refractivity contribution in [1.82, 2.24) is 9.88 Å². The summed E-state index contributed by atoms with van der Waals surface area (Å²) in [6.45, 7) is 4.00. The number of hydrogen-bond acceptors (Lipinski definition) is 4. The van der Waals surface area contributed by atoms with Crippen molar-refractivity contribution in [3.63, 3.8) is 0 Å². The van der Waals surface area contributed by atoms with Crippen LogP contribution < -0.4 is 0 Å². The molecule has 2 aromatic rings. The summed E-state index contributed by atoms with van der Waals surface area (Å²) in [7, 11) is 1.71. The van der Waals surface area contributed by atoms with Gasteiger partial charge in [0.1, 0.15) is 0 Å². The van der Waals surface area contributed by atoms with Crippen LogP contribution in [-0.4, -0.2) is 42.6 Å². The number of likely N-dealkylation sites (tertiary alicyclic amines) is 1. The summed E-state index contributed by atoms with van der Waals surface area (Å²) in [5.74, 6) is 1.18. The molecule has 5 nitrogen and oxygen atoms in total. The van der Waals surface area contributed by atoms with Crippen LogP contribution in [0.2, 0.25) is 0 Å². The molecule has 2 heterocycles. The van der Waals surface area contributed by atoms with E-state index >= 15 is 0 Å². The first-order chi connectivity index (χ1) is 11.7. The number of nitrogens with zero attached hydrogens (tertiary/aromatic N) is 2. The largest absolute Gasteiger partial charge is 0.431 e. The molecule has 1 aromatic heterocycles. The van der Waals surface area contributed by atoms with Crippen molar-refractivity contribution in [1.29, 1.82) is 0 Å². The lowest BCUT2D eigenvalue weighted by Gasteiger charge is -2.23. The standard InChI is InChI=1S/C19H24N2O3/c1-14-17(24-18(20-14)16-9-4-3-5-10-16)19(22)21-11-7-6-8-15(12-21)13-23-2/h3-5,9-10,15H,6-8,11-13H2,1-2H3. The number of ether oxygens (including phenoxy) is 1. The molecule has 0 aliphatic carbocycles. The van der Waals surface area contributed by atoms with Gasteiger partial charge in [-0.25, -0.2) is 4.98 Å². The Balaban J connectivity index is 1.80. The molecular weight excluding hydrogens is 304 g/mol. The van der Waals surface area contributed by atoms with Crippen molar-refractivity contribution < 1.29 is 13.9 Å². The molecule has 0 saturated carbocycles. The van der Waals surface area contributed by atoms with Crippen molar-refractivity contribution in [3.8, 4) is 11.5 Å². The molecule has 1 atom stereocenters. The number of amides is 1. The first kappa shape index (κ1) is 16.7. The fraction of sp³-hybridized carbons (Fsp3) is 0.474. The van der Waals surface area contributed by atoms with Gasteiger partial charge in [0.15, 0.2) is 0 Å². The number of methoxy groups -OCH3 is 1. The zero-order chi connectivity index (χ0) is 16.9. The van der Waals surface area contributed by atoms with Gasteiger partial charge < -0.3 is 14.1 Å². The van der Waals surface area contributed by atoms with E-state index in [1.165, 1.54) is 0 Å². The summed E-state index contributed by atoms with van der Waals surface area (Å²) in [4.78, 5) is 19.2. The summed E-state index contributed by atoms with van der Waals surface area (Å²) >= 11 is 0. The highest BCUT2D eigenvalue weighted by molar-refractivity contribution is 5.93. The minimum atomic E-state index is -0.0646. The minimum Gasteiger partial charge on any atom is -0.431 e. The highest BCUT2D eigenvalue weighted by Crippen LogP contribution is 2.24. The van der Waals surface area contributed by atoms with Crippen LogP contribution in [0.3, 0.4) is 0 Å². The van der Waals surface area contributed by atoms with E-state index < -0.39 is 0 Å². The first-order valence-corrected chi connectivity index (χ1v) is 8.50. The Hall–Kier alpha value is -2.14. The third kappa shape index (κ3) is 3.67. The third-order valence-electron chi connectivity index (χ3n) is 4.47. The number of rotatable bonds is 4. The molecule has 3 rings (SSSR count). The van der Waals surface area contributed by atoms with E-state index in [2.05, 4.69) is 4.98 Å². The zero-order valence-electron chi connectivity index (χ0n) is 14.3. The van der Waals surface area contributed by atoms with E-state index in [-0.39, 0.29) is 5.91 Å². The van der Waals surface area contributed by atoms with Gasteiger partial charge in [0.05, 0.1) is 12.3 Å². The van der Waals surface area contributed by atoms with Gasteiger partial charge in [-0.15, -0.1) is 0 Å². The Kier molecular flexibility index (Phi) is 5.30. The van der Waals surface area contributed by atoms with Gasteiger partial charge in [0, 0.05) is 25.8 Å². The number of benzene rings is 1. The number of aromatic nitrogens is 1. The van der Waals surface area contributed by atoms with Gasteiger partial charge >= 0.3 is 0 Å². The number of carbonyl (C=O) groups excluding carboxylic acids is 1. The second-order valence-electron chi connectivity index (χ2n) is 6.37. The predicted molar refractivity (Wildman–Crippen MR) is 91.8 cm³/mol. The second kappa shape index (κ2) is 7.62.